The lowest BCUT2D eigenvalue weighted by Gasteiger charge is -2.06. The Bertz CT molecular complexity index is 115. The Labute approximate surface area is 67.3 Å². The molecule has 1 atom stereocenters. The molecule has 0 radical (unpaired) electrons. The van der Waals surface area contributed by atoms with E-state index in [1.54, 1.807) is 7.11 Å². The predicted octanol–water partition coefficient (Wildman–Crippen LogP) is 1.90. The zero-order valence-electron chi connectivity index (χ0n) is 6.46. The van der Waals surface area contributed by atoms with Crippen LogP contribution in [0, 0.1) is 0 Å². The van der Waals surface area contributed by atoms with Crippen LogP contribution in [0.1, 0.15) is 19.8 Å². The molecule has 0 aromatic rings. The third kappa shape index (κ3) is 4.62. The van der Waals surface area contributed by atoms with Gasteiger partial charge in [0, 0.05) is 7.11 Å². The number of aliphatic imine (C=N–C) groups is 1. The number of hydrogen-bond acceptors (Lipinski definition) is 3. The predicted molar refractivity (Wildman–Crippen MR) is 45.6 cm³/mol. The summed E-state index contributed by atoms with van der Waals surface area (Å²) in [6.07, 6.45) is 2.13. The smallest absolute Gasteiger partial charge is 0.0835 e. The van der Waals surface area contributed by atoms with Gasteiger partial charge in [0.25, 0.3) is 0 Å². The number of rotatable bonds is 5. The monoisotopic (exact) mass is 159 g/mol. The summed E-state index contributed by atoms with van der Waals surface area (Å²) in [4.78, 5) is 3.94. The van der Waals surface area contributed by atoms with E-state index in [0.29, 0.717) is 6.61 Å². The fourth-order valence-electron chi connectivity index (χ4n) is 0.785. The Kier molecular flexibility index (Phi) is 6.71. The van der Waals surface area contributed by atoms with E-state index < -0.39 is 0 Å². The quantitative estimate of drug-likeness (QED) is 0.451. The highest BCUT2D eigenvalue weighted by Crippen LogP contribution is 2.00. The second-order valence-corrected chi connectivity index (χ2v) is 2.30. The topological polar surface area (TPSA) is 21.6 Å². The number of thiocarbonyl (C=S) groups is 1. The molecular formula is C7H13NOS. The first-order valence-corrected chi connectivity index (χ1v) is 3.81. The van der Waals surface area contributed by atoms with Gasteiger partial charge in [0.1, 0.15) is 0 Å². The van der Waals surface area contributed by atoms with E-state index in [2.05, 4.69) is 29.3 Å². The Morgan fingerprint density at radius 3 is 2.80 bits per heavy atom. The molecule has 3 heteroatoms. The Balaban J connectivity index is 3.60. The van der Waals surface area contributed by atoms with E-state index in [1.165, 1.54) is 0 Å². The molecule has 58 valence electrons. The van der Waals surface area contributed by atoms with Crippen molar-refractivity contribution < 1.29 is 4.74 Å². The van der Waals surface area contributed by atoms with E-state index in [0.717, 1.165) is 12.8 Å². The lowest BCUT2D eigenvalue weighted by molar-refractivity contribution is 0.177. The molecule has 0 aromatic heterocycles. The first kappa shape index (κ1) is 9.76. The lowest BCUT2D eigenvalue weighted by Crippen LogP contribution is -2.10. The normalized spacial score (nSPS) is 12.2. The molecule has 1 unspecified atom stereocenters. The summed E-state index contributed by atoms with van der Waals surface area (Å²) in [5.74, 6) is 0. The fourth-order valence-corrected chi connectivity index (χ4v) is 0.934. The Morgan fingerprint density at radius 1 is 1.70 bits per heavy atom. The molecule has 0 spiro atoms. The van der Waals surface area contributed by atoms with E-state index in [4.69, 9.17) is 4.74 Å². The molecule has 0 N–H and O–H groups in total. The molecule has 0 saturated heterocycles. The van der Waals surface area contributed by atoms with E-state index >= 15 is 0 Å². The van der Waals surface area contributed by atoms with Crippen LogP contribution in [-0.2, 0) is 4.74 Å². The second kappa shape index (κ2) is 6.87. The van der Waals surface area contributed by atoms with Crippen molar-refractivity contribution in [3.05, 3.63) is 0 Å². The minimum absolute atomic E-state index is 0.215. The van der Waals surface area contributed by atoms with Crippen LogP contribution in [0.5, 0.6) is 0 Å². The van der Waals surface area contributed by atoms with Gasteiger partial charge in [0.2, 0.25) is 0 Å². The van der Waals surface area contributed by atoms with Crippen LogP contribution >= 0.6 is 12.2 Å². The minimum atomic E-state index is 0.215. The van der Waals surface area contributed by atoms with Crippen molar-refractivity contribution in [2.24, 2.45) is 4.99 Å². The number of nitrogens with zero attached hydrogens (tertiary/aromatic N) is 1. The molecule has 10 heavy (non-hydrogen) atoms. The third-order valence-electron chi connectivity index (χ3n) is 1.22. The summed E-state index contributed by atoms with van der Waals surface area (Å²) < 4.78 is 4.93. The maximum absolute atomic E-state index is 4.93. The van der Waals surface area contributed by atoms with Gasteiger partial charge in [0.05, 0.1) is 17.8 Å². The van der Waals surface area contributed by atoms with Gasteiger partial charge in [-0.3, -0.25) is 0 Å². The van der Waals surface area contributed by atoms with Gasteiger partial charge in [0.15, 0.2) is 0 Å². The molecule has 0 aliphatic heterocycles. The van der Waals surface area contributed by atoms with Crippen LogP contribution in [0.15, 0.2) is 4.99 Å². The van der Waals surface area contributed by atoms with E-state index in [-0.39, 0.29) is 6.04 Å². The van der Waals surface area contributed by atoms with Crippen molar-refractivity contribution in [2.75, 3.05) is 13.7 Å². The molecule has 0 bridgehead atoms. The minimum Gasteiger partial charge on any atom is -0.382 e. The lowest BCUT2D eigenvalue weighted by atomic mass is 10.2. The average Bonchev–Trinajstić information content (AvgIpc) is 1.90. The largest absolute Gasteiger partial charge is 0.382 e. The molecule has 2 nitrogen and oxygen atoms in total. The highest BCUT2D eigenvalue weighted by atomic mass is 32.1. The first-order chi connectivity index (χ1) is 4.85. The van der Waals surface area contributed by atoms with Crippen molar-refractivity contribution >= 4 is 17.4 Å². The second-order valence-electron chi connectivity index (χ2n) is 2.12. The first-order valence-electron chi connectivity index (χ1n) is 3.41. The number of methoxy groups -OCH3 is 1. The molecule has 0 rings (SSSR count). The zero-order valence-corrected chi connectivity index (χ0v) is 7.28. The molecular weight excluding hydrogens is 146 g/mol. The Hall–Kier alpha value is -0.240. The van der Waals surface area contributed by atoms with Gasteiger partial charge in [-0.2, -0.15) is 0 Å². The van der Waals surface area contributed by atoms with E-state index in [9.17, 15) is 0 Å². The van der Waals surface area contributed by atoms with Gasteiger partial charge in [-0.25, -0.2) is 4.99 Å². The molecule has 0 aliphatic carbocycles. The van der Waals surface area contributed by atoms with Crippen molar-refractivity contribution in [2.45, 2.75) is 25.8 Å². The van der Waals surface area contributed by atoms with Crippen LogP contribution in [-0.4, -0.2) is 24.9 Å². The highest BCUT2D eigenvalue weighted by Gasteiger charge is 2.02. The van der Waals surface area contributed by atoms with Crippen LogP contribution < -0.4 is 0 Å². The Morgan fingerprint density at radius 2 is 2.40 bits per heavy atom. The maximum Gasteiger partial charge on any atom is 0.0835 e. The summed E-state index contributed by atoms with van der Waals surface area (Å²) in [5.41, 5.74) is 0. The van der Waals surface area contributed by atoms with Crippen LogP contribution in [0.3, 0.4) is 0 Å². The number of hydrogen-bond donors (Lipinski definition) is 0. The SMILES string of the molecule is CCCC(COC)N=C=S. The van der Waals surface area contributed by atoms with Crippen molar-refractivity contribution in [1.82, 2.24) is 0 Å². The molecule has 0 heterocycles. The van der Waals surface area contributed by atoms with Crippen molar-refractivity contribution in [3.63, 3.8) is 0 Å². The maximum atomic E-state index is 4.93. The molecule has 0 aromatic carbocycles. The molecule has 0 saturated carbocycles. The number of ether oxygens (including phenoxy) is 1. The van der Waals surface area contributed by atoms with Crippen molar-refractivity contribution in [1.29, 1.82) is 0 Å². The zero-order chi connectivity index (χ0) is 7.82. The fraction of sp³-hybridized carbons (Fsp3) is 0.857. The van der Waals surface area contributed by atoms with E-state index in [1.807, 2.05) is 0 Å². The summed E-state index contributed by atoms with van der Waals surface area (Å²) in [6, 6.07) is 0.215. The molecule has 0 fully saturated rings. The van der Waals surface area contributed by atoms with Crippen LogP contribution in [0.4, 0.5) is 0 Å². The average molecular weight is 159 g/mol. The number of isothiocyanates is 1. The van der Waals surface area contributed by atoms with Gasteiger partial charge >= 0.3 is 0 Å². The highest BCUT2D eigenvalue weighted by molar-refractivity contribution is 7.78. The molecule has 0 amide bonds. The van der Waals surface area contributed by atoms with Gasteiger partial charge in [-0.15, -0.1) is 0 Å². The molecule has 0 aliphatic rings. The van der Waals surface area contributed by atoms with Gasteiger partial charge in [-0.05, 0) is 18.6 Å². The van der Waals surface area contributed by atoms with Crippen LogP contribution in [0.25, 0.3) is 0 Å². The van der Waals surface area contributed by atoms with Crippen LogP contribution in [0.2, 0.25) is 0 Å². The standard InChI is InChI=1S/C7H13NOS/c1-3-4-7(5-9-2)8-6-10/h7H,3-5H2,1-2H3. The van der Waals surface area contributed by atoms with Gasteiger partial charge in [-0.1, -0.05) is 13.3 Å². The summed E-state index contributed by atoms with van der Waals surface area (Å²) in [7, 11) is 1.67. The summed E-state index contributed by atoms with van der Waals surface area (Å²) in [5, 5.41) is 2.37. The third-order valence-corrected chi connectivity index (χ3v) is 1.32. The summed E-state index contributed by atoms with van der Waals surface area (Å²) in [6.45, 7) is 2.76. The van der Waals surface area contributed by atoms with Gasteiger partial charge < -0.3 is 4.74 Å². The van der Waals surface area contributed by atoms with Crippen molar-refractivity contribution in [3.8, 4) is 0 Å². The summed E-state index contributed by atoms with van der Waals surface area (Å²) >= 11 is 4.48.